The van der Waals surface area contributed by atoms with Gasteiger partial charge in [-0.05, 0) is 32.9 Å². The maximum atomic E-state index is 13.7. The number of anilines is 1. The van der Waals surface area contributed by atoms with Crippen LogP contribution >= 0.6 is 0 Å². The van der Waals surface area contributed by atoms with Gasteiger partial charge >= 0.3 is 12.1 Å². The second kappa shape index (κ2) is 4.77. The van der Waals surface area contributed by atoms with E-state index in [-0.39, 0.29) is 17.7 Å². The predicted octanol–water partition coefficient (Wildman–Crippen LogP) is 2.58. The van der Waals surface area contributed by atoms with Crippen molar-refractivity contribution in [3.05, 3.63) is 29.6 Å². The summed E-state index contributed by atoms with van der Waals surface area (Å²) < 4.78 is 18.9. The van der Waals surface area contributed by atoms with Crippen molar-refractivity contribution in [3.8, 4) is 0 Å². The molecule has 0 saturated carbocycles. The third kappa shape index (κ3) is 2.59. The smallest absolute Gasteiger partial charge is 0.415 e. The van der Waals surface area contributed by atoms with Crippen LogP contribution in [0.25, 0.3) is 0 Å². The van der Waals surface area contributed by atoms with Crippen molar-refractivity contribution in [2.75, 3.05) is 4.90 Å². The molecule has 1 amide bonds. The van der Waals surface area contributed by atoms with E-state index in [9.17, 15) is 19.1 Å². The molecule has 108 valence electrons. The highest BCUT2D eigenvalue weighted by molar-refractivity contribution is 5.98. The van der Waals surface area contributed by atoms with E-state index in [1.807, 2.05) is 0 Å². The number of ether oxygens (including phenoxy) is 1. The Morgan fingerprint density at radius 2 is 2.05 bits per heavy atom. The number of carbonyl (C=O) groups is 2. The predicted molar refractivity (Wildman–Crippen MR) is 70.2 cm³/mol. The summed E-state index contributed by atoms with van der Waals surface area (Å²) in [6, 6.07) is 3.06. The Bertz CT molecular complexity index is 565. The Hall–Kier alpha value is -2.11. The van der Waals surface area contributed by atoms with E-state index >= 15 is 0 Å². The monoisotopic (exact) mass is 281 g/mol. The lowest BCUT2D eigenvalue weighted by atomic mass is 10.1. The van der Waals surface area contributed by atoms with Crippen molar-refractivity contribution >= 4 is 17.7 Å². The van der Waals surface area contributed by atoms with Crippen LogP contribution < -0.4 is 4.90 Å². The SMILES string of the molecule is CC(C)(C)OC(=O)N1c2cccc(F)c2C[C@@H]1C(=O)O. The number of hydrogen-bond donors (Lipinski definition) is 1. The summed E-state index contributed by atoms with van der Waals surface area (Å²) in [6.07, 6.45) is -0.842. The average molecular weight is 281 g/mol. The topological polar surface area (TPSA) is 66.8 Å². The van der Waals surface area contributed by atoms with Gasteiger partial charge in [-0.2, -0.15) is 0 Å². The molecule has 0 fully saturated rings. The first-order valence-electron chi connectivity index (χ1n) is 6.23. The number of nitrogens with zero attached hydrogens (tertiary/aromatic N) is 1. The van der Waals surface area contributed by atoms with E-state index in [4.69, 9.17) is 4.74 Å². The molecule has 2 rings (SSSR count). The van der Waals surface area contributed by atoms with Gasteiger partial charge in [-0.25, -0.2) is 14.0 Å². The first kappa shape index (κ1) is 14.3. The number of hydrogen-bond acceptors (Lipinski definition) is 3. The number of rotatable bonds is 1. The van der Waals surface area contributed by atoms with Crippen molar-refractivity contribution in [2.24, 2.45) is 0 Å². The second-order valence-electron chi connectivity index (χ2n) is 5.65. The Labute approximate surface area is 116 Å². The molecule has 1 aromatic rings. The molecule has 1 N–H and O–H groups in total. The maximum absolute atomic E-state index is 13.7. The molecule has 6 heteroatoms. The molecule has 1 aliphatic heterocycles. The van der Waals surface area contributed by atoms with Gasteiger partial charge in [0.25, 0.3) is 0 Å². The molecule has 0 radical (unpaired) electrons. The van der Waals surface area contributed by atoms with Gasteiger partial charge in [-0.15, -0.1) is 0 Å². The summed E-state index contributed by atoms with van der Waals surface area (Å²) in [5.74, 6) is -1.70. The van der Waals surface area contributed by atoms with Crippen molar-refractivity contribution in [3.63, 3.8) is 0 Å². The number of halogens is 1. The van der Waals surface area contributed by atoms with Crippen LogP contribution in [0.4, 0.5) is 14.9 Å². The van der Waals surface area contributed by atoms with Gasteiger partial charge < -0.3 is 9.84 Å². The molecule has 0 bridgehead atoms. The largest absolute Gasteiger partial charge is 0.480 e. The second-order valence-corrected chi connectivity index (χ2v) is 5.65. The lowest BCUT2D eigenvalue weighted by molar-refractivity contribution is -0.138. The van der Waals surface area contributed by atoms with Crippen molar-refractivity contribution in [2.45, 2.75) is 38.8 Å². The van der Waals surface area contributed by atoms with E-state index in [1.54, 1.807) is 20.8 Å². The zero-order valence-electron chi connectivity index (χ0n) is 11.5. The van der Waals surface area contributed by atoms with Gasteiger partial charge in [0, 0.05) is 12.0 Å². The van der Waals surface area contributed by atoms with Gasteiger partial charge in [0.1, 0.15) is 17.5 Å². The third-order valence-electron chi connectivity index (χ3n) is 2.94. The highest BCUT2D eigenvalue weighted by Crippen LogP contribution is 2.35. The van der Waals surface area contributed by atoms with Crippen LogP contribution in [0.3, 0.4) is 0 Å². The number of aliphatic carboxylic acids is 1. The Kier molecular flexibility index (Phi) is 3.41. The summed E-state index contributed by atoms with van der Waals surface area (Å²) in [4.78, 5) is 24.5. The molecule has 0 saturated heterocycles. The van der Waals surface area contributed by atoms with Crippen LogP contribution in [0.15, 0.2) is 18.2 Å². The van der Waals surface area contributed by atoms with Crippen LogP contribution in [-0.4, -0.2) is 28.8 Å². The summed E-state index contributed by atoms with van der Waals surface area (Å²) in [5, 5.41) is 9.22. The average Bonchev–Trinajstić information content (AvgIpc) is 2.67. The number of carboxylic acids is 1. The highest BCUT2D eigenvalue weighted by atomic mass is 19.1. The minimum atomic E-state index is -1.19. The lowest BCUT2D eigenvalue weighted by Crippen LogP contribution is -2.45. The van der Waals surface area contributed by atoms with Crippen molar-refractivity contribution in [1.82, 2.24) is 0 Å². The van der Waals surface area contributed by atoms with Crippen molar-refractivity contribution < 1.29 is 23.8 Å². The first-order valence-corrected chi connectivity index (χ1v) is 6.23. The molecule has 0 aliphatic carbocycles. The minimum absolute atomic E-state index is 0.0589. The molecule has 20 heavy (non-hydrogen) atoms. The van der Waals surface area contributed by atoms with E-state index < -0.39 is 29.5 Å². The van der Waals surface area contributed by atoms with Crippen LogP contribution in [0, 0.1) is 5.82 Å². The molecule has 0 aromatic heterocycles. The Morgan fingerprint density at radius 1 is 1.40 bits per heavy atom. The Balaban J connectivity index is 2.41. The van der Waals surface area contributed by atoms with Gasteiger partial charge in [0.2, 0.25) is 0 Å². The molecule has 1 heterocycles. The normalized spacial score (nSPS) is 17.8. The number of fused-ring (bicyclic) bond motifs is 1. The fourth-order valence-corrected chi connectivity index (χ4v) is 2.16. The third-order valence-corrected chi connectivity index (χ3v) is 2.94. The van der Waals surface area contributed by atoms with E-state index in [0.717, 1.165) is 4.90 Å². The highest BCUT2D eigenvalue weighted by Gasteiger charge is 2.41. The van der Waals surface area contributed by atoms with Gasteiger partial charge in [-0.3, -0.25) is 4.90 Å². The number of benzene rings is 1. The standard InChI is InChI=1S/C14H16FNO4/c1-14(2,3)20-13(19)16-10-6-4-5-9(15)8(10)7-11(16)12(17)18/h4-6,11H,7H2,1-3H3,(H,17,18)/t11-/m1/s1. The molecule has 1 aromatic carbocycles. The first-order chi connectivity index (χ1) is 9.20. The fraction of sp³-hybridized carbons (Fsp3) is 0.429. The fourth-order valence-electron chi connectivity index (χ4n) is 2.16. The quantitative estimate of drug-likeness (QED) is 0.859. The number of carboxylic acid groups (broad SMARTS) is 1. The van der Waals surface area contributed by atoms with Crippen LogP contribution in [0.2, 0.25) is 0 Å². The zero-order chi connectivity index (χ0) is 15.1. The molecule has 5 nitrogen and oxygen atoms in total. The maximum Gasteiger partial charge on any atom is 0.415 e. The summed E-state index contributed by atoms with van der Waals surface area (Å²) in [7, 11) is 0. The van der Waals surface area contributed by atoms with Gasteiger partial charge in [0.15, 0.2) is 0 Å². The van der Waals surface area contributed by atoms with E-state index in [1.165, 1.54) is 18.2 Å². The molecule has 0 unspecified atom stereocenters. The number of amides is 1. The molecular formula is C14H16FNO4. The molecule has 0 spiro atoms. The molecular weight excluding hydrogens is 265 g/mol. The number of carbonyl (C=O) groups excluding carboxylic acids is 1. The Morgan fingerprint density at radius 3 is 2.60 bits per heavy atom. The van der Waals surface area contributed by atoms with Crippen LogP contribution in [-0.2, 0) is 16.0 Å². The van der Waals surface area contributed by atoms with Gasteiger partial charge in [0.05, 0.1) is 5.69 Å². The summed E-state index contributed by atoms with van der Waals surface area (Å²) >= 11 is 0. The summed E-state index contributed by atoms with van der Waals surface area (Å²) in [6.45, 7) is 5.05. The van der Waals surface area contributed by atoms with E-state index in [2.05, 4.69) is 0 Å². The van der Waals surface area contributed by atoms with Crippen LogP contribution in [0.5, 0.6) is 0 Å². The lowest BCUT2D eigenvalue weighted by Gasteiger charge is -2.27. The van der Waals surface area contributed by atoms with Gasteiger partial charge in [-0.1, -0.05) is 6.07 Å². The van der Waals surface area contributed by atoms with Crippen molar-refractivity contribution in [1.29, 1.82) is 0 Å². The van der Waals surface area contributed by atoms with Crippen LogP contribution in [0.1, 0.15) is 26.3 Å². The zero-order valence-corrected chi connectivity index (χ0v) is 11.5. The van der Waals surface area contributed by atoms with E-state index in [0.29, 0.717) is 0 Å². The molecule has 1 atom stereocenters. The summed E-state index contributed by atoms with van der Waals surface area (Å²) in [5.41, 5.74) is -0.270. The minimum Gasteiger partial charge on any atom is -0.480 e. The molecule has 1 aliphatic rings.